The first-order chi connectivity index (χ1) is 7.24. The second kappa shape index (κ2) is 7.26. The zero-order valence-corrected chi connectivity index (χ0v) is 10.7. The van der Waals surface area contributed by atoms with Crippen LogP contribution in [0.4, 0.5) is 0 Å². The summed E-state index contributed by atoms with van der Waals surface area (Å²) in [5, 5.41) is 3.40. The van der Waals surface area contributed by atoms with Crippen LogP contribution in [0, 0.1) is 0 Å². The van der Waals surface area contributed by atoms with Crippen LogP contribution in [0.2, 0.25) is 0 Å². The minimum Gasteiger partial charge on any atom is -0.312 e. The summed E-state index contributed by atoms with van der Waals surface area (Å²) in [7, 11) is 2.24. The minimum atomic E-state index is 0.830. The molecule has 0 radical (unpaired) electrons. The van der Waals surface area contributed by atoms with Crippen LogP contribution in [0.15, 0.2) is 11.1 Å². The molecule has 15 heavy (non-hydrogen) atoms. The van der Waals surface area contributed by atoms with E-state index in [2.05, 4.69) is 17.3 Å². The van der Waals surface area contributed by atoms with Crippen LogP contribution in [0.1, 0.15) is 32.6 Å². The average Bonchev–Trinajstić information content (AvgIpc) is 2.77. The molecule has 0 aromatic heterocycles. The van der Waals surface area contributed by atoms with Gasteiger partial charge >= 0.3 is 0 Å². The van der Waals surface area contributed by atoms with Crippen LogP contribution in [0.25, 0.3) is 0 Å². The Morgan fingerprint density at radius 1 is 1.47 bits per heavy atom. The van der Waals surface area contributed by atoms with Gasteiger partial charge in [0.1, 0.15) is 0 Å². The van der Waals surface area contributed by atoms with Gasteiger partial charge in [0, 0.05) is 31.2 Å². The molecule has 0 saturated heterocycles. The van der Waals surface area contributed by atoms with E-state index in [9.17, 15) is 0 Å². The van der Waals surface area contributed by atoms with Crippen LogP contribution in [-0.4, -0.2) is 37.6 Å². The highest BCUT2D eigenvalue weighted by atomic mass is 35.5. The summed E-state index contributed by atoms with van der Waals surface area (Å²) in [6.07, 6.45) is 5.60. The lowest BCUT2D eigenvalue weighted by atomic mass is 10.2. The van der Waals surface area contributed by atoms with Crippen molar-refractivity contribution in [2.24, 2.45) is 0 Å². The van der Waals surface area contributed by atoms with Crippen molar-refractivity contribution in [1.29, 1.82) is 0 Å². The Kier molecular flexibility index (Phi) is 6.30. The van der Waals surface area contributed by atoms with Gasteiger partial charge in [-0.25, -0.2) is 0 Å². The Labute approximate surface area is 98.7 Å². The number of halogens is 1. The Morgan fingerprint density at radius 2 is 2.13 bits per heavy atom. The first-order valence-electron chi connectivity index (χ1n) is 5.91. The second-order valence-electron chi connectivity index (χ2n) is 4.55. The molecule has 1 rings (SSSR count). The summed E-state index contributed by atoms with van der Waals surface area (Å²) in [4.78, 5) is 2.49. The molecule has 1 N–H and O–H groups in total. The molecule has 1 aliphatic rings. The van der Waals surface area contributed by atoms with Crippen molar-refractivity contribution in [2.45, 2.75) is 38.6 Å². The molecular formula is C12H23ClN2. The lowest BCUT2D eigenvalue weighted by Gasteiger charge is -2.23. The van der Waals surface area contributed by atoms with Crippen LogP contribution >= 0.6 is 11.6 Å². The maximum atomic E-state index is 5.58. The van der Waals surface area contributed by atoms with Crippen LogP contribution in [0.5, 0.6) is 0 Å². The first-order valence-corrected chi connectivity index (χ1v) is 6.34. The average molecular weight is 231 g/mol. The van der Waals surface area contributed by atoms with Gasteiger partial charge in [0.15, 0.2) is 0 Å². The van der Waals surface area contributed by atoms with Crippen LogP contribution in [-0.2, 0) is 0 Å². The number of nitrogens with one attached hydrogen (secondary N) is 1. The largest absolute Gasteiger partial charge is 0.312 e. The normalized spacial score (nSPS) is 19.1. The summed E-state index contributed by atoms with van der Waals surface area (Å²) < 4.78 is 0. The maximum absolute atomic E-state index is 5.58. The molecule has 0 amide bonds. The monoisotopic (exact) mass is 230 g/mol. The van der Waals surface area contributed by atoms with Crippen molar-refractivity contribution in [3.63, 3.8) is 0 Å². The Morgan fingerprint density at radius 3 is 2.73 bits per heavy atom. The van der Waals surface area contributed by atoms with Gasteiger partial charge in [-0.2, -0.15) is 0 Å². The van der Waals surface area contributed by atoms with E-state index < -0.39 is 0 Å². The second-order valence-corrected chi connectivity index (χ2v) is 4.77. The lowest BCUT2D eigenvalue weighted by Crippen LogP contribution is -2.35. The van der Waals surface area contributed by atoms with Crippen molar-refractivity contribution in [1.82, 2.24) is 10.2 Å². The van der Waals surface area contributed by atoms with Crippen LogP contribution < -0.4 is 5.32 Å². The van der Waals surface area contributed by atoms with E-state index in [0.717, 1.165) is 25.7 Å². The highest BCUT2D eigenvalue weighted by Gasteiger charge is 2.18. The lowest BCUT2D eigenvalue weighted by molar-refractivity contribution is 0.246. The molecule has 0 aromatic carbocycles. The highest BCUT2D eigenvalue weighted by molar-refractivity contribution is 6.25. The summed E-state index contributed by atoms with van der Waals surface area (Å²) >= 11 is 5.58. The molecule has 2 nitrogen and oxygen atoms in total. The number of hydrogen-bond acceptors (Lipinski definition) is 2. The number of nitrogens with zero attached hydrogens (tertiary/aromatic N) is 1. The molecule has 1 fully saturated rings. The molecule has 0 bridgehead atoms. The topological polar surface area (TPSA) is 15.3 Å². The van der Waals surface area contributed by atoms with Gasteiger partial charge in [0.25, 0.3) is 0 Å². The van der Waals surface area contributed by atoms with Crippen molar-refractivity contribution < 1.29 is 0 Å². The van der Waals surface area contributed by atoms with Gasteiger partial charge in [-0.1, -0.05) is 24.4 Å². The first kappa shape index (κ1) is 13.0. The van der Waals surface area contributed by atoms with E-state index in [1.807, 2.05) is 6.92 Å². The summed E-state index contributed by atoms with van der Waals surface area (Å²) in [6.45, 7) is 5.14. The van der Waals surface area contributed by atoms with Gasteiger partial charge in [0.2, 0.25) is 0 Å². The van der Waals surface area contributed by atoms with Crippen LogP contribution in [0.3, 0.4) is 0 Å². The molecule has 0 aromatic rings. The van der Waals surface area contributed by atoms with Gasteiger partial charge in [0.05, 0.1) is 0 Å². The zero-order valence-electron chi connectivity index (χ0n) is 9.93. The van der Waals surface area contributed by atoms with Gasteiger partial charge in [-0.15, -0.1) is 0 Å². The molecule has 0 unspecified atom stereocenters. The molecule has 0 atom stereocenters. The Balaban J connectivity index is 2.04. The molecule has 0 aliphatic heterocycles. The number of likely N-dealkylation sites (N-methyl/N-ethyl adjacent to an activating group) is 1. The summed E-state index contributed by atoms with van der Waals surface area (Å²) in [5.74, 6) is 0. The van der Waals surface area contributed by atoms with Crippen molar-refractivity contribution >= 4 is 11.6 Å². The predicted molar refractivity (Wildman–Crippen MR) is 67.4 cm³/mol. The molecule has 1 aliphatic carbocycles. The van der Waals surface area contributed by atoms with Crippen molar-refractivity contribution in [3.05, 3.63) is 11.1 Å². The van der Waals surface area contributed by atoms with Crippen molar-refractivity contribution in [3.8, 4) is 0 Å². The number of rotatable bonds is 6. The van der Waals surface area contributed by atoms with Gasteiger partial charge in [-0.05, 0) is 32.4 Å². The fraction of sp³-hybridized carbons (Fsp3) is 0.833. The maximum Gasteiger partial charge on any atom is 0.0174 e. The predicted octanol–water partition coefficient (Wildman–Crippen LogP) is 2.59. The molecule has 1 saturated carbocycles. The van der Waals surface area contributed by atoms with E-state index in [4.69, 9.17) is 11.6 Å². The molecule has 0 heterocycles. The van der Waals surface area contributed by atoms with E-state index >= 15 is 0 Å². The van der Waals surface area contributed by atoms with Gasteiger partial charge < -0.3 is 10.2 Å². The van der Waals surface area contributed by atoms with Crippen molar-refractivity contribution in [2.75, 3.05) is 26.7 Å². The number of hydrogen-bond donors (Lipinski definition) is 1. The smallest absolute Gasteiger partial charge is 0.0174 e. The minimum absolute atomic E-state index is 0.830. The quantitative estimate of drug-likeness (QED) is 0.706. The fourth-order valence-electron chi connectivity index (χ4n) is 2.11. The van der Waals surface area contributed by atoms with E-state index in [0.29, 0.717) is 0 Å². The third kappa shape index (κ3) is 5.01. The molecule has 88 valence electrons. The SMILES string of the molecule is CC(=CCl)CNCCN(C)C1CCCC1. The van der Waals surface area contributed by atoms with Gasteiger partial charge in [-0.3, -0.25) is 0 Å². The zero-order chi connectivity index (χ0) is 11.1. The Bertz CT molecular complexity index is 198. The third-order valence-corrected chi connectivity index (χ3v) is 3.55. The summed E-state index contributed by atoms with van der Waals surface area (Å²) in [6, 6.07) is 0.830. The fourth-order valence-corrected chi connectivity index (χ4v) is 2.18. The molecule has 0 spiro atoms. The molecule has 3 heteroatoms. The Hall–Kier alpha value is -0.0500. The highest BCUT2D eigenvalue weighted by Crippen LogP contribution is 2.21. The van der Waals surface area contributed by atoms with E-state index in [1.165, 1.54) is 31.3 Å². The van der Waals surface area contributed by atoms with E-state index in [-0.39, 0.29) is 0 Å². The standard InChI is InChI=1S/C12H23ClN2/c1-11(9-13)10-14-7-8-15(2)12-5-3-4-6-12/h9,12,14H,3-8,10H2,1-2H3. The molecular weight excluding hydrogens is 208 g/mol. The van der Waals surface area contributed by atoms with E-state index in [1.54, 1.807) is 5.54 Å². The third-order valence-electron chi connectivity index (χ3n) is 3.18. The summed E-state index contributed by atoms with van der Waals surface area (Å²) in [5.41, 5.74) is 2.84.